The maximum absolute atomic E-state index is 13.4. The first-order chi connectivity index (χ1) is 9.56. The van der Waals surface area contributed by atoms with Crippen LogP contribution in [0.15, 0.2) is 36.4 Å². The summed E-state index contributed by atoms with van der Waals surface area (Å²) in [7, 11) is 2.97. The van der Waals surface area contributed by atoms with E-state index in [9.17, 15) is 4.39 Å². The molecule has 0 N–H and O–H groups in total. The zero-order valence-corrected chi connectivity index (χ0v) is 12.5. The van der Waals surface area contributed by atoms with Gasteiger partial charge in [0.15, 0.2) is 11.6 Å². The van der Waals surface area contributed by atoms with Crippen molar-refractivity contribution in [3.63, 3.8) is 0 Å². The average Bonchev–Trinajstić information content (AvgIpc) is 2.47. The van der Waals surface area contributed by atoms with Gasteiger partial charge in [0.1, 0.15) is 5.75 Å². The molecule has 0 saturated heterocycles. The third kappa shape index (κ3) is 3.00. The van der Waals surface area contributed by atoms with Gasteiger partial charge in [-0.05, 0) is 35.4 Å². The van der Waals surface area contributed by atoms with Gasteiger partial charge in [0.2, 0.25) is 0 Å². The smallest absolute Gasteiger partial charge is 0.165 e. The molecular formula is C15H13Cl2FO2. The monoisotopic (exact) mass is 314 g/mol. The highest BCUT2D eigenvalue weighted by molar-refractivity contribution is 6.33. The summed E-state index contributed by atoms with van der Waals surface area (Å²) >= 11 is 12.6. The van der Waals surface area contributed by atoms with Crippen LogP contribution < -0.4 is 9.47 Å². The Hall–Kier alpha value is -1.45. The highest BCUT2D eigenvalue weighted by Gasteiger charge is 2.16. The van der Waals surface area contributed by atoms with Crippen molar-refractivity contribution in [3.8, 4) is 11.5 Å². The molecule has 0 radical (unpaired) electrons. The molecule has 0 fully saturated rings. The molecule has 2 nitrogen and oxygen atoms in total. The van der Waals surface area contributed by atoms with Gasteiger partial charge in [0.25, 0.3) is 0 Å². The molecule has 106 valence electrons. The molecule has 0 bridgehead atoms. The summed E-state index contributed by atoms with van der Waals surface area (Å²) in [6.45, 7) is 0. The number of alkyl halides is 1. The third-order valence-corrected chi connectivity index (χ3v) is 3.76. The molecule has 0 aliphatic heterocycles. The molecule has 0 spiro atoms. The fourth-order valence-corrected chi connectivity index (χ4v) is 2.52. The zero-order valence-electron chi connectivity index (χ0n) is 11.0. The van der Waals surface area contributed by atoms with E-state index >= 15 is 0 Å². The molecule has 2 rings (SSSR count). The van der Waals surface area contributed by atoms with Gasteiger partial charge >= 0.3 is 0 Å². The van der Waals surface area contributed by atoms with Gasteiger partial charge in [-0.3, -0.25) is 0 Å². The summed E-state index contributed by atoms with van der Waals surface area (Å²) < 4.78 is 23.4. The van der Waals surface area contributed by atoms with Gasteiger partial charge in [-0.1, -0.05) is 23.7 Å². The Morgan fingerprint density at radius 1 is 1.05 bits per heavy atom. The van der Waals surface area contributed by atoms with Gasteiger partial charge in [0, 0.05) is 5.02 Å². The van der Waals surface area contributed by atoms with E-state index in [1.165, 1.54) is 13.2 Å². The second-order valence-corrected chi connectivity index (χ2v) is 4.99. The highest BCUT2D eigenvalue weighted by Crippen LogP contribution is 2.36. The van der Waals surface area contributed by atoms with Crippen LogP contribution in [0.3, 0.4) is 0 Å². The van der Waals surface area contributed by atoms with E-state index in [4.69, 9.17) is 32.7 Å². The number of hydrogen-bond acceptors (Lipinski definition) is 2. The summed E-state index contributed by atoms with van der Waals surface area (Å²) in [4.78, 5) is 0. The summed E-state index contributed by atoms with van der Waals surface area (Å²) in [5, 5.41) is -0.00412. The van der Waals surface area contributed by atoms with E-state index in [0.717, 1.165) is 5.56 Å². The van der Waals surface area contributed by atoms with Crippen LogP contribution in [0.5, 0.6) is 11.5 Å². The molecule has 0 aromatic heterocycles. The number of benzene rings is 2. The molecule has 0 aliphatic carbocycles. The lowest BCUT2D eigenvalue weighted by atomic mass is 10.0. The molecule has 0 saturated carbocycles. The van der Waals surface area contributed by atoms with E-state index < -0.39 is 11.2 Å². The Morgan fingerprint density at radius 2 is 1.80 bits per heavy atom. The molecule has 2 aromatic carbocycles. The van der Waals surface area contributed by atoms with Crippen LogP contribution in [-0.2, 0) is 0 Å². The first kappa shape index (κ1) is 14.9. The van der Waals surface area contributed by atoms with Gasteiger partial charge < -0.3 is 9.47 Å². The van der Waals surface area contributed by atoms with Gasteiger partial charge in [-0.2, -0.15) is 0 Å². The number of ether oxygens (including phenoxy) is 2. The first-order valence-corrected chi connectivity index (χ1v) is 6.69. The van der Waals surface area contributed by atoms with E-state index in [1.54, 1.807) is 37.4 Å². The van der Waals surface area contributed by atoms with Crippen molar-refractivity contribution in [3.05, 3.63) is 58.4 Å². The van der Waals surface area contributed by atoms with Crippen molar-refractivity contribution in [2.45, 2.75) is 5.38 Å². The van der Waals surface area contributed by atoms with E-state index in [-0.39, 0.29) is 5.75 Å². The molecule has 1 unspecified atom stereocenters. The SMILES string of the molecule is COc1ccc(C(Cl)c2ccc(F)c(OC)c2)c(Cl)c1. The predicted octanol–water partition coefficient (Wildman–Crippen LogP) is 4.82. The summed E-state index contributed by atoms with van der Waals surface area (Å²) in [5.74, 6) is 0.373. The molecule has 2 aromatic rings. The average molecular weight is 315 g/mol. The van der Waals surface area contributed by atoms with Crippen molar-refractivity contribution < 1.29 is 13.9 Å². The van der Waals surface area contributed by atoms with Crippen molar-refractivity contribution in [2.75, 3.05) is 14.2 Å². The van der Waals surface area contributed by atoms with Gasteiger partial charge in [0.05, 0.1) is 19.6 Å². The predicted molar refractivity (Wildman–Crippen MR) is 78.7 cm³/mol. The van der Waals surface area contributed by atoms with Crippen LogP contribution in [0.1, 0.15) is 16.5 Å². The molecule has 1 atom stereocenters. The van der Waals surface area contributed by atoms with Gasteiger partial charge in [-0.15, -0.1) is 11.6 Å². The zero-order chi connectivity index (χ0) is 14.7. The molecule has 0 amide bonds. The Labute approximate surface area is 127 Å². The summed E-state index contributed by atoms with van der Waals surface area (Å²) in [5.41, 5.74) is 1.43. The standard InChI is InChI=1S/C15H13Cl2FO2/c1-19-10-4-5-11(12(16)8-10)15(17)9-3-6-13(18)14(7-9)20-2/h3-8,15H,1-2H3. The normalized spacial score (nSPS) is 12.1. The van der Waals surface area contributed by atoms with Crippen LogP contribution >= 0.6 is 23.2 Å². The van der Waals surface area contributed by atoms with E-state index in [0.29, 0.717) is 16.3 Å². The van der Waals surface area contributed by atoms with Crippen molar-refractivity contribution >= 4 is 23.2 Å². The maximum atomic E-state index is 13.4. The molecule has 5 heteroatoms. The maximum Gasteiger partial charge on any atom is 0.165 e. The minimum absolute atomic E-state index is 0.151. The Kier molecular flexibility index (Phi) is 4.73. The van der Waals surface area contributed by atoms with E-state index in [1.807, 2.05) is 0 Å². The third-order valence-electron chi connectivity index (χ3n) is 2.95. The lowest BCUT2D eigenvalue weighted by Crippen LogP contribution is -1.97. The lowest BCUT2D eigenvalue weighted by molar-refractivity contribution is 0.386. The highest BCUT2D eigenvalue weighted by atomic mass is 35.5. The minimum atomic E-state index is -0.497. The fourth-order valence-electron chi connectivity index (χ4n) is 1.85. The quantitative estimate of drug-likeness (QED) is 0.753. The first-order valence-electron chi connectivity index (χ1n) is 5.87. The number of methoxy groups -OCH3 is 2. The Balaban J connectivity index is 2.38. The van der Waals surface area contributed by atoms with Crippen LogP contribution in [0.4, 0.5) is 4.39 Å². The fraction of sp³-hybridized carbons (Fsp3) is 0.200. The van der Waals surface area contributed by atoms with Crippen molar-refractivity contribution in [1.29, 1.82) is 0 Å². The van der Waals surface area contributed by atoms with Gasteiger partial charge in [-0.25, -0.2) is 4.39 Å². The van der Waals surface area contributed by atoms with Crippen LogP contribution in [0.25, 0.3) is 0 Å². The van der Waals surface area contributed by atoms with Crippen molar-refractivity contribution in [1.82, 2.24) is 0 Å². The Morgan fingerprint density at radius 3 is 2.40 bits per heavy atom. The second kappa shape index (κ2) is 6.33. The number of rotatable bonds is 4. The largest absolute Gasteiger partial charge is 0.497 e. The summed E-state index contributed by atoms with van der Waals surface area (Å²) in [6, 6.07) is 9.74. The van der Waals surface area contributed by atoms with Crippen molar-refractivity contribution in [2.24, 2.45) is 0 Å². The molecular weight excluding hydrogens is 302 g/mol. The van der Waals surface area contributed by atoms with Crippen LogP contribution in [0, 0.1) is 5.82 Å². The number of halogens is 3. The van der Waals surface area contributed by atoms with E-state index in [2.05, 4.69) is 0 Å². The molecule has 0 aliphatic rings. The van der Waals surface area contributed by atoms with Crippen LogP contribution in [0.2, 0.25) is 5.02 Å². The van der Waals surface area contributed by atoms with Crippen LogP contribution in [-0.4, -0.2) is 14.2 Å². The summed E-state index contributed by atoms with van der Waals surface area (Å²) in [6.07, 6.45) is 0. The lowest BCUT2D eigenvalue weighted by Gasteiger charge is -2.14. The second-order valence-electron chi connectivity index (χ2n) is 4.14. The Bertz CT molecular complexity index is 617. The molecule has 0 heterocycles. The topological polar surface area (TPSA) is 18.5 Å². The number of hydrogen-bond donors (Lipinski definition) is 0. The minimum Gasteiger partial charge on any atom is -0.497 e. The molecule has 20 heavy (non-hydrogen) atoms.